The molecule has 0 saturated carbocycles. The molecule has 2 rings (SSSR count). The Balaban J connectivity index is 2.01. The molecule has 0 unspecified atom stereocenters. The van der Waals surface area contributed by atoms with Crippen LogP contribution in [-0.2, 0) is 10.0 Å². The molecular weight excluding hydrogens is 290 g/mol. The molecule has 3 N–H and O–H groups in total. The quantitative estimate of drug-likeness (QED) is 0.789. The number of anilines is 1. The van der Waals surface area contributed by atoms with Crippen LogP contribution in [0.25, 0.3) is 0 Å². The van der Waals surface area contributed by atoms with Crippen LogP contribution in [0.1, 0.15) is 12.8 Å². The first-order valence-corrected chi connectivity index (χ1v) is 8.52. The van der Waals surface area contributed by atoms with E-state index in [1.807, 2.05) is 0 Å². The topological polar surface area (TPSA) is 84.7 Å². The number of nitrogen functional groups attached to an aromatic ring is 1. The van der Waals surface area contributed by atoms with Crippen molar-refractivity contribution in [3.63, 3.8) is 0 Å². The van der Waals surface area contributed by atoms with Gasteiger partial charge in [0.05, 0.1) is 17.7 Å². The number of sulfonamides is 1. The summed E-state index contributed by atoms with van der Waals surface area (Å²) in [6.07, 6.45) is 2.04. The van der Waals surface area contributed by atoms with Gasteiger partial charge in [0.25, 0.3) is 0 Å². The summed E-state index contributed by atoms with van der Waals surface area (Å²) in [5, 5.41) is 0. The Kier molecular flexibility index (Phi) is 5.08. The van der Waals surface area contributed by atoms with Crippen molar-refractivity contribution >= 4 is 15.7 Å². The van der Waals surface area contributed by atoms with Crippen LogP contribution < -0.4 is 15.2 Å². The molecule has 0 amide bonds. The fourth-order valence-corrected chi connectivity index (χ4v) is 3.57. The molecule has 1 aliphatic heterocycles. The van der Waals surface area contributed by atoms with Gasteiger partial charge in [-0.05, 0) is 51.0 Å². The summed E-state index contributed by atoms with van der Waals surface area (Å²) >= 11 is 0. The maximum absolute atomic E-state index is 12.3. The molecule has 0 bridgehead atoms. The number of rotatable bonds is 5. The monoisotopic (exact) mass is 313 g/mol. The van der Waals surface area contributed by atoms with Crippen molar-refractivity contribution in [2.75, 3.05) is 39.5 Å². The predicted octanol–water partition coefficient (Wildman–Crippen LogP) is 0.898. The van der Waals surface area contributed by atoms with E-state index in [1.165, 1.54) is 19.2 Å². The lowest BCUT2D eigenvalue weighted by atomic mass is 9.98. The second-order valence-corrected chi connectivity index (χ2v) is 7.27. The van der Waals surface area contributed by atoms with Gasteiger partial charge in [-0.3, -0.25) is 0 Å². The Hall–Kier alpha value is -1.31. The second-order valence-electron chi connectivity index (χ2n) is 5.50. The van der Waals surface area contributed by atoms with E-state index in [9.17, 15) is 8.42 Å². The number of hydrogen-bond donors (Lipinski definition) is 2. The van der Waals surface area contributed by atoms with Crippen LogP contribution in [0.15, 0.2) is 23.1 Å². The maximum atomic E-state index is 12.3. The third-order valence-corrected chi connectivity index (χ3v) is 5.34. The number of benzene rings is 1. The first kappa shape index (κ1) is 16.1. The van der Waals surface area contributed by atoms with Crippen LogP contribution in [0.2, 0.25) is 0 Å². The molecule has 7 heteroatoms. The standard InChI is InChI=1S/C14H23N3O3S/c1-17-7-5-11(6-8-17)10-16-21(18,19)12-3-4-13(15)14(9-12)20-2/h3-4,9,11,16H,5-8,10,15H2,1-2H3. The van der Waals surface area contributed by atoms with Crippen molar-refractivity contribution in [1.29, 1.82) is 0 Å². The Labute approximate surface area is 126 Å². The average Bonchev–Trinajstić information content (AvgIpc) is 2.47. The summed E-state index contributed by atoms with van der Waals surface area (Å²) in [5.74, 6) is 0.767. The largest absolute Gasteiger partial charge is 0.495 e. The van der Waals surface area contributed by atoms with E-state index in [1.54, 1.807) is 6.07 Å². The fourth-order valence-electron chi connectivity index (χ4n) is 2.44. The van der Waals surface area contributed by atoms with Gasteiger partial charge in [0.2, 0.25) is 10.0 Å². The van der Waals surface area contributed by atoms with Gasteiger partial charge < -0.3 is 15.4 Å². The molecular formula is C14H23N3O3S. The third kappa shape index (κ3) is 4.09. The highest BCUT2D eigenvalue weighted by Crippen LogP contribution is 2.25. The Morgan fingerprint density at radius 1 is 1.38 bits per heavy atom. The normalized spacial score (nSPS) is 17.8. The molecule has 1 aliphatic rings. The predicted molar refractivity (Wildman–Crippen MR) is 82.8 cm³/mol. The van der Waals surface area contributed by atoms with Crippen molar-refractivity contribution in [3.05, 3.63) is 18.2 Å². The first-order valence-electron chi connectivity index (χ1n) is 7.04. The summed E-state index contributed by atoms with van der Waals surface area (Å²) in [6.45, 7) is 2.51. The van der Waals surface area contributed by atoms with E-state index in [2.05, 4.69) is 16.7 Å². The van der Waals surface area contributed by atoms with E-state index in [-0.39, 0.29) is 4.90 Å². The van der Waals surface area contributed by atoms with E-state index < -0.39 is 10.0 Å². The lowest BCUT2D eigenvalue weighted by Crippen LogP contribution is -2.36. The number of nitrogens with two attached hydrogens (primary N) is 1. The lowest BCUT2D eigenvalue weighted by Gasteiger charge is -2.28. The molecule has 6 nitrogen and oxygen atoms in total. The summed E-state index contributed by atoms with van der Waals surface area (Å²) in [4.78, 5) is 2.44. The third-order valence-electron chi connectivity index (χ3n) is 3.92. The molecule has 0 aliphatic carbocycles. The zero-order chi connectivity index (χ0) is 15.5. The molecule has 0 spiro atoms. The van der Waals surface area contributed by atoms with E-state index in [0.29, 0.717) is 23.9 Å². The minimum Gasteiger partial charge on any atom is -0.495 e. The SMILES string of the molecule is COc1cc(S(=O)(=O)NCC2CCN(C)CC2)ccc1N. The molecule has 21 heavy (non-hydrogen) atoms. The number of methoxy groups -OCH3 is 1. The van der Waals surface area contributed by atoms with E-state index in [0.717, 1.165) is 25.9 Å². The molecule has 1 fully saturated rings. The van der Waals surface area contributed by atoms with Crippen molar-refractivity contribution in [3.8, 4) is 5.75 Å². The molecule has 1 saturated heterocycles. The van der Waals surface area contributed by atoms with Gasteiger partial charge in [-0.25, -0.2) is 13.1 Å². The highest BCUT2D eigenvalue weighted by Gasteiger charge is 2.21. The number of nitrogens with zero attached hydrogens (tertiary/aromatic N) is 1. The Morgan fingerprint density at radius 3 is 2.67 bits per heavy atom. The highest BCUT2D eigenvalue weighted by atomic mass is 32.2. The second kappa shape index (κ2) is 6.64. The van der Waals surface area contributed by atoms with Crippen LogP contribution in [0, 0.1) is 5.92 Å². The molecule has 0 radical (unpaired) electrons. The number of hydrogen-bond acceptors (Lipinski definition) is 5. The lowest BCUT2D eigenvalue weighted by molar-refractivity contribution is 0.220. The molecule has 0 aromatic heterocycles. The minimum absolute atomic E-state index is 0.182. The van der Waals surface area contributed by atoms with Gasteiger partial charge in [-0.15, -0.1) is 0 Å². The maximum Gasteiger partial charge on any atom is 0.240 e. The van der Waals surface area contributed by atoms with Crippen LogP contribution in [-0.4, -0.2) is 47.1 Å². The summed E-state index contributed by atoms with van der Waals surface area (Å²) in [7, 11) is 0.0290. The van der Waals surface area contributed by atoms with Crippen molar-refractivity contribution < 1.29 is 13.2 Å². The summed E-state index contributed by atoms with van der Waals surface area (Å²) < 4.78 is 32.4. The average molecular weight is 313 g/mol. The van der Waals surface area contributed by atoms with Crippen LogP contribution in [0.3, 0.4) is 0 Å². The molecule has 1 aromatic carbocycles. The number of likely N-dealkylation sites (tertiary alicyclic amines) is 1. The molecule has 118 valence electrons. The van der Waals surface area contributed by atoms with Gasteiger partial charge in [0, 0.05) is 12.6 Å². The zero-order valence-corrected chi connectivity index (χ0v) is 13.3. The van der Waals surface area contributed by atoms with E-state index in [4.69, 9.17) is 10.5 Å². The minimum atomic E-state index is -3.52. The zero-order valence-electron chi connectivity index (χ0n) is 12.5. The van der Waals surface area contributed by atoms with Gasteiger partial charge in [0.15, 0.2) is 0 Å². The summed E-state index contributed by atoms with van der Waals surface area (Å²) in [5.41, 5.74) is 6.13. The summed E-state index contributed by atoms with van der Waals surface area (Å²) in [6, 6.07) is 4.49. The van der Waals surface area contributed by atoms with E-state index >= 15 is 0 Å². The van der Waals surface area contributed by atoms with Gasteiger partial charge in [0.1, 0.15) is 5.75 Å². The first-order chi connectivity index (χ1) is 9.92. The smallest absolute Gasteiger partial charge is 0.240 e. The molecule has 1 aromatic rings. The van der Waals surface area contributed by atoms with Crippen LogP contribution >= 0.6 is 0 Å². The van der Waals surface area contributed by atoms with Crippen molar-refractivity contribution in [2.24, 2.45) is 5.92 Å². The Bertz CT molecular complexity index is 581. The van der Waals surface area contributed by atoms with Gasteiger partial charge in [-0.1, -0.05) is 0 Å². The van der Waals surface area contributed by atoms with Crippen LogP contribution in [0.4, 0.5) is 5.69 Å². The van der Waals surface area contributed by atoms with Crippen molar-refractivity contribution in [2.45, 2.75) is 17.7 Å². The van der Waals surface area contributed by atoms with Crippen LogP contribution in [0.5, 0.6) is 5.75 Å². The fraction of sp³-hybridized carbons (Fsp3) is 0.571. The van der Waals surface area contributed by atoms with Gasteiger partial charge >= 0.3 is 0 Å². The number of ether oxygens (including phenoxy) is 1. The molecule has 0 atom stereocenters. The molecule has 1 heterocycles. The van der Waals surface area contributed by atoms with Gasteiger partial charge in [-0.2, -0.15) is 0 Å². The van der Waals surface area contributed by atoms with Crippen molar-refractivity contribution in [1.82, 2.24) is 9.62 Å². The number of nitrogens with one attached hydrogen (secondary N) is 1. The highest BCUT2D eigenvalue weighted by molar-refractivity contribution is 7.89. The Morgan fingerprint density at radius 2 is 2.05 bits per heavy atom. The number of piperidine rings is 1.